The van der Waals surface area contributed by atoms with Gasteiger partial charge in [-0.05, 0) is 32.6 Å². The second-order valence-electron chi connectivity index (χ2n) is 4.44. The molecule has 94 valence electrons. The molecule has 0 bridgehead atoms. The fourth-order valence-electron chi connectivity index (χ4n) is 2.05. The average Bonchev–Trinajstić information content (AvgIpc) is 2.64. The summed E-state index contributed by atoms with van der Waals surface area (Å²) in [6.45, 7) is 1.93. The number of carbonyl (C=O) groups excluding carboxylic acids is 1. The fraction of sp³-hybridized carbons (Fsp3) is 0.700. The third-order valence-electron chi connectivity index (χ3n) is 3.01. The highest BCUT2D eigenvalue weighted by molar-refractivity contribution is 8.01. The summed E-state index contributed by atoms with van der Waals surface area (Å²) in [4.78, 5) is 11.3. The maximum Gasteiger partial charge on any atom is 0.237 e. The predicted octanol–water partition coefficient (Wildman–Crippen LogP) is 1.06. The van der Waals surface area contributed by atoms with Crippen LogP contribution in [0.15, 0.2) is 4.34 Å². The Hall–Kier alpha value is -0.660. The number of hydrogen-bond donors (Lipinski definition) is 2. The Labute approximate surface area is 108 Å². The number of aromatic nitrogens is 2. The van der Waals surface area contributed by atoms with E-state index in [2.05, 4.69) is 10.2 Å². The van der Waals surface area contributed by atoms with E-state index in [-0.39, 0.29) is 0 Å². The lowest BCUT2D eigenvalue weighted by Crippen LogP contribution is -2.55. The zero-order valence-corrected chi connectivity index (χ0v) is 11.3. The van der Waals surface area contributed by atoms with Gasteiger partial charge < -0.3 is 11.5 Å². The first-order valence-electron chi connectivity index (χ1n) is 5.55. The van der Waals surface area contributed by atoms with E-state index in [1.807, 2.05) is 6.92 Å². The number of nitrogens with zero attached hydrogens (tertiary/aromatic N) is 2. The highest BCUT2D eigenvalue weighted by atomic mass is 32.2. The van der Waals surface area contributed by atoms with Gasteiger partial charge in [0.05, 0.1) is 5.54 Å². The van der Waals surface area contributed by atoms with Crippen molar-refractivity contribution in [3.8, 4) is 0 Å². The summed E-state index contributed by atoms with van der Waals surface area (Å²) in [5.41, 5.74) is 10.6. The van der Waals surface area contributed by atoms with E-state index < -0.39 is 11.4 Å². The highest BCUT2D eigenvalue weighted by Crippen LogP contribution is 2.37. The van der Waals surface area contributed by atoms with Crippen LogP contribution in [0, 0.1) is 6.92 Å². The van der Waals surface area contributed by atoms with Crippen LogP contribution in [0.1, 0.15) is 30.7 Å². The summed E-state index contributed by atoms with van der Waals surface area (Å²) in [6, 6.07) is 0. The number of primary amides is 1. The molecular weight excluding hydrogens is 256 g/mol. The Kier molecular flexibility index (Phi) is 3.70. The van der Waals surface area contributed by atoms with Crippen molar-refractivity contribution in [3.05, 3.63) is 5.01 Å². The van der Waals surface area contributed by atoms with Crippen LogP contribution in [0.25, 0.3) is 0 Å². The lowest BCUT2D eigenvalue weighted by atomic mass is 9.82. The number of carbonyl (C=O) groups is 1. The van der Waals surface area contributed by atoms with E-state index >= 15 is 0 Å². The number of nitrogens with two attached hydrogens (primary N) is 2. The van der Waals surface area contributed by atoms with Crippen LogP contribution < -0.4 is 11.5 Å². The molecule has 1 fully saturated rings. The van der Waals surface area contributed by atoms with E-state index in [4.69, 9.17) is 11.5 Å². The maximum absolute atomic E-state index is 11.3. The van der Waals surface area contributed by atoms with Gasteiger partial charge in [0.25, 0.3) is 0 Å². The lowest BCUT2D eigenvalue weighted by molar-refractivity contribution is -0.124. The van der Waals surface area contributed by atoms with Crippen molar-refractivity contribution in [1.29, 1.82) is 0 Å². The van der Waals surface area contributed by atoms with Crippen LogP contribution in [0.3, 0.4) is 0 Å². The second kappa shape index (κ2) is 4.91. The first kappa shape index (κ1) is 12.8. The molecule has 1 amide bonds. The van der Waals surface area contributed by atoms with Crippen LogP contribution in [-0.2, 0) is 4.79 Å². The number of amides is 1. The van der Waals surface area contributed by atoms with Gasteiger partial charge in [-0.15, -0.1) is 10.2 Å². The van der Waals surface area contributed by atoms with Crippen molar-refractivity contribution < 1.29 is 4.79 Å². The van der Waals surface area contributed by atoms with Gasteiger partial charge in [-0.2, -0.15) is 0 Å². The Bertz CT molecular complexity index is 422. The van der Waals surface area contributed by atoms with Gasteiger partial charge in [-0.25, -0.2) is 0 Å². The van der Waals surface area contributed by atoms with Crippen molar-refractivity contribution >= 4 is 29.0 Å². The third kappa shape index (κ3) is 2.97. The molecular formula is C10H16N4OS2. The van der Waals surface area contributed by atoms with E-state index in [9.17, 15) is 4.79 Å². The van der Waals surface area contributed by atoms with Gasteiger partial charge in [0.1, 0.15) is 5.01 Å². The third-order valence-corrected chi connectivity index (χ3v) is 5.20. The van der Waals surface area contributed by atoms with E-state index in [1.54, 1.807) is 23.1 Å². The molecule has 1 aromatic heterocycles. The van der Waals surface area contributed by atoms with Crippen molar-refractivity contribution in [1.82, 2.24) is 10.2 Å². The molecule has 0 aromatic carbocycles. The zero-order valence-electron chi connectivity index (χ0n) is 9.68. The summed E-state index contributed by atoms with van der Waals surface area (Å²) in [6.07, 6.45) is 3.31. The molecule has 1 aliphatic carbocycles. The molecule has 0 radical (unpaired) electrons. The van der Waals surface area contributed by atoms with E-state index in [0.717, 1.165) is 22.2 Å². The van der Waals surface area contributed by atoms with Gasteiger partial charge in [0, 0.05) is 5.25 Å². The van der Waals surface area contributed by atoms with Gasteiger partial charge in [-0.1, -0.05) is 23.1 Å². The Morgan fingerprint density at radius 2 is 2.35 bits per heavy atom. The summed E-state index contributed by atoms with van der Waals surface area (Å²) >= 11 is 3.24. The molecule has 1 heterocycles. The highest BCUT2D eigenvalue weighted by Gasteiger charge is 2.38. The molecule has 1 aliphatic rings. The van der Waals surface area contributed by atoms with Gasteiger partial charge in [0.15, 0.2) is 4.34 Å². The predicted molar refractivity (Wildman–Crippen MR) is 68.9 cm³/mol. The molecule has 5 nitrogen and oxygen atoms in total. The molecule has 1 saturated carbocycles. The molecule has 1 aromatic rings. The van der Waals surface area contributed by atoms with Crippen LogP contribution in [0.2, 0.25) is 0 Å². The summed E-state index contributed by atoms with van der Waals surface area (Å²) < 4.78 is 0.946. The summed E-state index contributed by atoms with van der Waals surface area (Å²) in [7, 11) is 0. The largest absolute Gasteiger partial charge is 0.368 e. The second-order valence-corrected chi connectivity index (χ2v) is 7.17. The monoisotopic (exact) mass is 272 g/mol. The molecule has 0 saturated heterocycles. The Balaban J connectivity index is 2.00. The molecule has 0 aliphatic heterocycles. The first-order chi connectivity index (χ1) is 7.99. The maximum atomic E-state index is 11.3. The molecule has 2 unspecified atom stereocenters. The number of thioether (sulfide) groups is 1. The normalized spacial score (nSPS) is 29.2. The minimum absolute atomic E-state index is 0.314. The molecule has 4 N–H and O–H groups in total. The van der Waals surface area contributed by atoms with Crippen molar-refractivity contribution in [2.45, 2.75) is 47.7 Å². The average molecular weight is 272 g/mol. The Morgan fingerprint density at radius 3 is 2.94 bits per heavy atom. The van der Waals surface area contributed by atoms with Crippen molar-refractivity contribution in [3.63, 3.8) is 0 Å². The van der Waals surface area contributed by atoms with E-state index in [0.29, 0.717) is 18.1 Å². The number of rotatable bonds is 3. The lowest BCUT2D eigenvalue weighted by Gasteiger charge is -2.34. The summed E-state index contributed by atoms with van der Waals surface area (Å²) in [5.74, 6) is -0.392. The molecule has 2 rings (SSSR count). The zero-order chi connectivity index (χ0) is 12.5. The number of aryl methyl sites for hydroxylation is 1. The summed E-state index contributed by atoms with van der Waals surface area (Å²) in [5, 5.41) is 9.32. The standard InChI is InChI=1S/C10H16N4OS2/c1-6-13-14-9(16-6)17-7-3-2-4-10(12,5-7)8(11)15/h7H,2-5,12H2,1H3,(H2,11,15). The number of hydrogen-bond acceptors (Lipinski definition) is 6. The topological polar surface area (TPSA) is 94.9 Å². The Morgan fingerprint density at radius 1 is 1.59 bits per heavy atom. The minimum atomic E-state index is -0.838. The van der Waals surface area contributed by atoms with Crippen LogP contribution >= 0.6 is 23.1 Å². The van der Waals surface area contributed by atoms with Gasteiger partial charge in [-0.3, -0.25) is 4.79 Å². The van der Waals surface area contributed by atoms with Gasteiger partial charge in [0.2, 0.25) is 5.91 Å². The van der Waals surface area contributed by atoms with Crippen LogP contribution in [0.4, 0.5) is 0 Å². The van der Waals surface area contributed by atoms with Gasteiger partial charge >= 0.3 is 0 Å². The fourth-order valence-corrected chi connectivity index (χ4v) is 4.47. The minimum Gasteiger partial charge on any atom is -0.368 e. The van der Waals surface area contributed by atoms with E-state index in [1.165, 1.54) is 0 Å². The molecule has 7 heteroatoms. The van der Waals surface area contributed by atoms with Crippen molar-refractivity contribution in [2.75, 3.05) is 0 Å². The molecule has 17 heavy (non-hydrogen) atoms. The molecule has 2 atom stereocenters. The SMILES string of the molecule is Cc1nnc(SC2CCCC(N)(C(N)=O)C2)s1. The quantitative estimate of drug-likeness (QED) is 0.858. The van der Waals surface area contributed by atoms with Crippen LogP contribution in [-0.4, -0.2) is 26.9 Å². The molecule has 0 spiro atoms. The van der Waals surface area contributed by atoms with Crippen molar-refractivity contribution in [2.24, 2.45) is 11.5 Å². The first-order valence-corrected chi connectivity index (χ1v) is 7.25. The smallest absolute Gasteiger partial charge is 0.237 e. The van der Waals surface area contributed by atoms with Crippen LogP contribution in [0.5, 0.6) is 0 Å².